The minimum absolute atomic E-state index is 0.223. The van der Waals surface area contributed by atoms with Crippen molar-refractivity contribution >= 4 is 17.9 Å². The van der Waals surface area contributed by atoms with E-state index in [-0.39, 0.29) is 11.8 Å². The van der Waals surface area contributed by atoms with Crippen molar-refractivity contribution in [2.75, 3.05) is 7.11 Å². The van der Waals surface area contributed by atoms with Gasteiger partial charge in [-0.05, 0) is 48.7 Å². The van der Waals surface area contributed by atoms with Gasteiger partial charge in [0.1, 0.15) is 11.8 Å². The van der Waals surface area contributed by atoms with Gasteiger partial charge in [-0.3, -0.25) is 9.59 Å². The number of rotatable bonds is 7. The SMILES string of the molecule is COc1ccc(/C=C/C(=O)NC(C)C(=O)NCc2ccccc2C)cc1. The first-order valence-electron chi connectivity index (χ1n) is 8.44. The summed E-state index contributed by atoms with van der Waals surface area (Å²) in [5.74, 6) is 0.212. The minimum Gasteiger partial charge on any atom is -0.497 e. The Balaban J connectivity index is 1.82. The molecule has 0 saturated heterocycles. The van der Waals surface area contributed by atoms with Gasteiger partial charge in [0.15, 0.2) is 0 Å². The van der Waals surface area contributed by atoms with E-state index in [2.05, 4.69) is 10.6 Å². The standard InChI is InChI=1S/C21H24N2O3/c1-15-6-4-5-7-18(15)14-22-21(25)16(2)23-20(24)13-10-17-8-11-19(26-3)12-9-17/h4-13,16H,14H2,1-3H3,(H,22,25)(H,23,24)/b13-10+. The minimum atomic E-state index is -0.618. The lowest BCUT2D eigenvalue weighted by atomic mass is 10.1. The topological polar surface area (TPSA) is 67.4 Å². The van der Waals surface area contributed by atoms with Gasteiger partial charge in [0.25, 0.3) is 0 Å². The summed E-state index contributed by atoms with van der Waals surface area (Å²) in [6, 6.07) is 14.6. The number of hydrogen-bond acceptors (Lipinski definition) is 3. The Morgan fingerprint density at radius 2 is 1.81 bits per heavy atom. The Morgan fingerprint density at radius 1 is 1.12 bits per heavy atom. The van der Waals surface area contributed by atoms with Crippen LogP contribution in [0.15, 0.2) is 54.6 Å². The molecular formula is C21H24N2O3. The lowest BCUT2D eigenvalue weighted by Gasteiger charge is -2.14. The second-order valence-electron chi connectivity index (χ2n) is 5.98. The van der Waals surface area contributed by atoms with Crippen LogP contribution in [0.2, 0.25) is 0 Å². The highest BCUT2D eigenvalue weighted by Gasteiger charge is 2.14. The van der Waals surface area contributed by atoms with Crippen molar-refractivity contribution in [3.05, 3.63) is 71.3 Å². The molecule has 26 heavy (non-hydrogen) atoms. The van der Waals surface area contributed by atoms with Crippen LogP contribution in [-0.2, 0) is 16.1 Å². The molecule has 0 fully saturated rings. The molecule has 0 aliphatic rings. The van der Waals surface area contributed by atoms with Crippen LogP contribution in [0.3, 0.4) is 0 Å². The lowest BCUT2D eigenvalue weighted by molar-refractivity contribution is -0.126. The van der Waals surface area contributed by atoms with Crippen LogP contribution in [0, 0.1) is 6.92 Å². The number of aryl methyl sites for hydroxylation is 1. The van der Waals surface area contributed by atoms with E-state index in [1.807, 2.05) is 55.5 Å². The van der Waals surface area contributed by atoms with E-state index in [9.17, 15) is 9.59 Å². The van der Waals surface area contributed by atoms with Gasteiger partial charge in [-0.15, -0.1) is 0 Å². The predicted octanol–water partition coefficient (Wildman–Crippen LogP) is 2.84. The third-order valence-corrected chi connectivity index (χ3v) is 4.01. The molecule has 0 aliphatic carbocycles. The molecule has 1 unspecified atom stereocenters. The van der Waals surface area contributed by atoms with Crippen molar-refractivity contribution in [3.8, 4) is 5.75 Å². The molecule has 0 saturated carbocycles. The Kier molecular flexibility index (Phi) is 6.97. The number of carbonyl (C=O) groups excluding carboxylic acids is 2. The molecule has 1 atom stereocenters. The molecule has 2 aromatic rings. The van der Waals surface area contributed by atoms with Gasteiger partial charge in [0.2, 0.25) is 11.8 Å². The summed E-state index contributed by atoms with van der Waals surface area (Å²) in [6.07, 6.45) is 3.10. The van der Waals surface area contributed by atoms with Crippen molar-refractivity contribution in [1.82, 2.24) is 10.6 Å². The second kappa shape index (κ2) is 9.42. The molecule has 0 radical (unpaired) electrons. The van der Waals surface area contributed by atoms with Gasteiger partial charge in [-0.1, -0.05) is 36.4 Å². The molecule has 2 rings (SSSR count). The first-order chi connectivity index (χ1) is 12.5. The highest BCUT2D eigenvalue weighted by atomic mass is 16.5. The first kappa shape index (κ1) is 19.2. The quantitative estimate of drug-likeness (QED) is 0.753. The molecule has 0 aromatic heterocycles. The number of hydrogen-bond donors (Lipinski definition) is 2. The summed E-state index contributed by atoms with van der Waals surface area (Å²) in [6.45, 7) is 4.09. The summed E-state index contributed by atoms with van der Waals surface area (Å²) < 4.78 is 5.09. The van der Waals surface area contributed by atoms with Gasteiger partial charge < -0.3 is 15.4 Å². The number of amides is 2. The molecule has 0 spiro atoms. The van der Waals surface area contributed by atoms with E-state index < -0.39 is 6.04 Å². The van der Waals surface area contributed by atoms with Crippen molar-refractivity contribution in [3.63, 3.8) is 0 Å². The molecule has 2 amide bonds. The fourth-order valence-electron chi connectivity index (χ4n) is 2.36. The van der Waals surface area contributed by atoms with Crippen LogP contribution < -0.4 is 15.4 Å². The Bertz CT molecular complexity index is 782. The average Bonchev–Trinajstić information content (AvgIpc) is 2.65. The fourth-order valence-corrected chi connectivity index (χ4v) is 2.36. The monoisotopic (exact) mass is 352 g/mol. The summed E-state index contributed by atoms with van der Waals surface area (Å²) in [5, 5.41) is 5.50. The molecular weight excluding hydrogens is 328 g/mol. The van der Waals surface area contributed by atoms with Crippen LogP contribution in [0.1, 0.15) is 23.6 Å². The average molecular weight is 352 g/mol. The normalized spacial score (nSPS) is 11.8. The molecule has 2 N–H and O–H groups in total. The van der Waals surface area contributed by atoms with Crippen LogP contribution in [0.5, 0.6) is 5.75 Å². The van der Waals surface area contributed by atoms with Crippen molar-refractivity contribution in [1.29, 1.82) is 0 Å². The van der Waals surface area contributed by atoms with Crippen molar-refractivity contribution < 1.29 is 14.3 Å². The van der Waals surface area contributed by atoms with Gasteiger partial charge >= 0.3 is 0 Å². The third kappa shape index (κ3) is 5.77. The summed E-state index contributed by atoms with van der Waals surface area (Å²) in [5.41, 5.74) is 3.04. The molecule has 2 aromatic carbocycles. The van der Waals surface area contributed by atoms with E-state index >= 15 is 0 Å². The Labute approximate surface area is 154 Å². The zero-order valence-electron chi connectivity index (χ0n) is 15.3. The molecule has 5 heteroatoms. The van der Waals surface area contributed by atoms with Gasteiger partial charge in [-0.25, -0.2) is 0 Å². The highest BCUT2D eigenvalue weighted by Crippen LogP contribution is 2.12. The highest BCUT2D eigenvalue weighted by molar-refractivity contribution is 5.95. The van der Waals surface area contributed by atoms with Gasteiger partial charge in [-0.2, -0.15) is 0 Å². The van der Waals surface area contributed by atoms with E-state index in [1.165, 1.54) is 6.08 Å². The number of methoxy groups -OCH3 is 1. The van der Waals surface area contributed by atoms with Crippen molar-refractivity contribution in [2.45, 2.75) is 26.4 Å². The van der Waals surface area contributed by atoms with Crippen LogP contribution in [0.4, 0.5) is 0 Å². The number of nitrogens with one attached hydrogen (secondary N) is 2. The van der Waals surface area contributed by atoms with E-state index in [1.54, 1.807) is 20.1 Å². The Morgan fingerprint density at radius 3 is 2.46 bits per heavy atom. The van der Waals surface area contributed by atoms with Gasteiger partial charge in [0, 0.05) is 12.6 Å². The molecule has 136 valence electrons. The number of benzene rings is 2. The third-order valence-electron chi connectivity index (χ3n) is 4.01. The van der Waals surface area contributed by atoms with Crippen LogP contribution in [0.25, 0.3) is 6.08 Å². The van der Waals surface area contributed by atoms with Crippen LogP contribution >= 0.6 is 0 Å². The molecule has 0 aliphatic heterocycles. The zero-order chi connectivity index (χ0) is 18.9. The maximum atomic E-state index is 12.1. The molecule has 5 nitrogen and oxygen atoms in total. The molecule has 0 heterocycles. The van der Waals surface area contributed by atoms with Gasteiger partial charge in [0.05, 0.1) is 7.11 Å². The summed E-state index contributed by atoms with van der Waals surface area (Å²) in [7, 11) is 1.60. The largest absolute Gasteiger partial charge is 0.497 e. The Hall–Kier alpha value is -3.08. The maximum absolute atomic E-state index is 12.1. The van der Waals surface area contributed by atoms with E-state index in [0.717, 1.165) is 22.4 Å². The number of ether oxygens (including phenoxy) is 1. The summed E-state index contributed by atoms with van der Waals surface area (Å²) in [4.78, 5) is 24.1. The smallest absolute Gasteiger partial charge is 0.244 e. The van der Waals surface area contributed by atoms with Crippen LogP contribution in [-0.4, -0.2) is 25.0 Å². The molecule has 0 bridgehead atoms. The zero-order valence-corrected chi connectivity index (χ0v) is 15.3. The fraction of sp³-hybridized carbons (Fsp3) is 0.238. The van der Waals surface area contributed by atoms with Crippen molar-refractivity contribution in [2.24, 2.45) is 0 Å². The lowest BCUT2D eigenvalue weighted by Crippen LogP contribution is -2.44. The maximum Gasteiger partial charge on any atom is 0.244 e. The van der Waals surface area contributed by atoms with E-state index in [4.69, 9.17) is 4.74 Å². The summed E-state index contributed by atoms with van der Waals surface area (Å²) >= 11 is 0. The first-order valence-corrected chi connectivity index (χ1v) is 8.44. The predicted molar refractivity (Wildman–Crippen MR) is 103 cm³/mol. The number of carbonyl (C=O) groups is 2. The van der Waals surface area contributed by atoms with E-state index in [0.29, 0.717) is 6.54 Å². The second-order valence-corrected chi connectivity index (χ2v) is 5.98.